The van der Waals surface area contributed by atoms with Crippen LogP contribution in [0.2, 0.25) is 0 Å². The van der Waals surface area contributed by atoms with E-state index in [-0.39, 0.29) is 18.7 Å². The van der Waals surface area contributed by atoms with Crippen LogP contribution in [0.3, 0.4) is 0 Å². The topological polar surface area (TPSA) is 102 Å². The van der Waals surface area contributed by atoms with Gasteiger partial charge in [0.1, 0.15) is 17.1 Å². The van der Waals surface area contributed by atoms with Gasteiger partial charge in [-0.25, -0.2) is 14.6 Å². The minimum atomic E-state index is -0.819. The Morgan fingerprint density at radius 1 is 1.28 bits per heavy atom. The summed E-state index contributed by atoms with van der Waals surface area (Å²) in [4.78, 5) is 32.1. The number of carbonyl (C=O) groups excluding carboxylic acids is 2. The van der Waals surface area contributed by atoms with Crippen molar-refractivity contribution in [3.63, 3.8) is 0 Å². The van der Waals surface area contributed by atoms with Gasteiger partial charge in [-0.15, -0.1) is 0 Å². The van der Waals surface area contributed by atoms with Crippen LogP contribution in [0.5, 0.6) is 0 Å². The van der Waals surface area contributed by atoms with Gasteiger partial charge in [0.15, 0.2) is 0 Å². The number of amides is 2. The lowest BCUT2D eigenvalue weighted by atomic mass is 10.1. The quantitative estimate of drug-likeness (QED) is 0.842. The lowest BCUT2D eigenvalue weighted by Crippen LogP contribution is -2.56. The fraction of sp³-hybridized carbons (Fsp3) is 0.550. The molecule has 0 aliphatic carbocycles. The van der Waals surface area contributed by atoms with Crippen LogP contribution in [-0.2, 0) is 9.47 Å². The Balaban J connectivity index is 1.81. The molecule has 1 aliphatic heterocycles. The third-order valence-corrected chi connectivity index (χ3v) is 4.72. The van der Waals surface area contributed by atoms with E-state index in [0.717, 1.165) is 17.2 Å². The van der Waals surface area contributed by atoms with E-state index in [1.807, 2.05) is 52.1 Å². The third kappa shape index (κ3) is 5.10. The summed E-state index contributed by atoms with van der Waals surface area (Å²) in [7, 11) is 0. The van der Waals surface area contributed by atoms with E-state index in [0.29, 0.717) is 26.1 Å². The number of hydrogen-bond acceptors (Lipinski definition) is 6. The van der Waals surface area contributed by atoms with Crippen LogP contribution in [0.4, 0.5) is 15.4 Å². The summed E-state index contributed by atoms with van der Waals surface area (Å²) in [6.45, 7) is 9.36. The molecule has 1 atom stereocenters. The van der Waals surface area contributed by atoms with Gasteiger partial charge >= 0.3 is 12.2 Å². The number of aryl methyl sites for hydroxylation is 1. The Morgan fingerprint density at radius 2 is 2.03 bits per heavy atom. The fourth-order valence-electron chi connectivity index (χ4n) is 3.54. The van der Waals surface area contributed by atoms with Gasteiger partial charge in [0, 0.05) is 32.3 Å². The molecule has 9 heteroatoms. The minimum absolute atomic E-state index is 0.140. The highest BCUT2D eigenvalue weighted by molar-refractivity contribution is 5.69. The number of rotatable bonds is 4. The van der Waals surface area contributed by atoms with Crippen LogP contribution in [0.25, 0.3) is 5.65 Å². The van der Waals surface area contributed by atoms with Crippen LogP contribution in [-0.4, -0.2) is 64.4 Å². The average molecular weight is 403 g/mol. The smallest absolute Gasteiger partial charge is 0.410 e. The molecule has 2 N–H and O–H groups in total. The van der Waals surface area contributed by atoms with Crippen LogP contribution in [0, 0.1) is 6.92 Å². The summed E-state index contributed by atoms with van der Waals surface area (Å²) < 4.78 is 12.5. The van der Waals surface area contributed by atoms with Gasteiger partial charge < -0.3 is 25.0 Å². The van der Waals surface area contributed by atoms with Crippen molar-refractivity contribution in [1.29, 1.82) is 0 Å². The molecule has 0 saturated carbocycles. The standard InChI is InChI=1S/C20H29N5O4/c1-14-12-25-16(22-14)6-5-7-17(25)23-9-10-24(19(27)29-20(2,3)4)15(13-23)8-11-28-18(21)26/h5-7,12,15H,8-11,13H2,1-4H3,(H2,21,26). The van der Waals surface area contributed by atoms with Crippen LogP contribution in [0.1, 0.15) is 32.9 Å². The summed E-state index contributed by atoms with van der Waals surface area (Å²) in [5, 5.41) is 0. The highest BCUT2D eigenvalue weighted by Gasteiger charge is 2.34. The largest absolute Gasteiger partial charge is 0.450 e. The number of nitrogens with two attached hydrogens (primary N) is 1. The van der Waals surface area contributed by atoms with Crippen LogP contribution >= 0.6 is 0 Å². The highest BCUT2D eigenvalue weighted by atomic mass is 16.6. The first-order chi connectivity index (χ1) is 13.6. The number of aromatic nitrogens is 2. The fourth-order valence-corrected chi connectivity index (χ4v) is 3.54. The van der Waals surface area contributed by atoms with E-state index in [4.69, 9.17) is 15.2 Å². The number of pyridine rings is 1. The number of anilines is 1. The number of piperazine rings is 1. The predicted molar refractivity (Wildman–Crippen MR) is 109 cm³/mol. The Morgan fingerprint density at radius 3 is 2.72 bits per heavy atom. The molecule has 158 valence electrons. The molecule has 1 aliphatic rings. The first-order valence-electron chi connectivity index (χ1n) is 9.75. The zero-order valence-corrected chi connectivity index (χ0v) is 17.4. The second-order valence-corrected chi connectivity index (χ2v) is 8.22. The molecular weight excluding hydrogens is 374 g/mol. The Labute approximate surface area is 170 Å². The Hall–Kier alpha value is -2.97. The summed E-state index contributed by atoms with van der Waals surface area (Å²) in [5.41, 5.74) is 6.32. The van der Waals surface area contributed by atoms with Gasteiger partial charge in [-0.3, -0.25) is 4.40 Å². The molecule has 3 rings (SSSR count). The van der Waals surface area contributed by atoms with E-state index >= 15 is 0 Å². The number of nitrogens with zero attached hydrogens (tertiary/aromatic N) is 4. The zero-order chi connectivity index (χ0) is 21.2. The molecule has 0 bridgehead atoms. The zero-order valence-electron chi connectivity index (χ0n) is 17.4. The van der Waals surface area contributed by atoms with E-state index in [9.17, 15) is 9.59 Å². The number of hydrogen-bond donors (Lipinski definition) is 1. The molecule has 2 amide bonds. The van der Waals surface area contributed by atoms with Gasteiger partial charge in [0.2, 0.25) is 0 Å². The van der Waals surface area contributed by atoms with Gasteiger partial charge in [0.25, 0.3) is 0 Å². The summed E-state index contributed by atoms with van der Waals surface area (Å²) in [6.07, 6.45) is 1.28. The SMILES string of the molecule is Cc1cn2c(N3CCN(C(=O)OC(C)(C)C)C(CCOC(N)=O)C3)cccc2n1. The number of fused-ring (bicyclic) bond motifs is 1. The van der Waals surface area contributed by atoms with Crippen molar-refractivity contribution in [2.24, 2.45) is 5.73 Å². The maximum absolute atomic E-state index is 12.7. The summed E-state index contributed by atoms with van der Waals surface area (Å²) >= 11 is 0. The first-order valence-corrected chi connectivity index (χ1v) is 9.75. The van der Waals surface area contributed by atoms with Gasteiger partial charge in [-0.05, 0) is 39.8 Å². The molecule has 2 aromatic heterocycles. The molecule has 3 heterocycles. The molecule has 29 heavy (non-hydrogen) atoms. The molecule has 9 nitrogen and oxygen atoms in total. The summed E-state index contributed by atoms with van der Waals surface area (Å²) in [5.74, 6) is 1.01. The summed E-state index contributed by atoms with van der Waals surface area (Å²) in [6, 6.07) is 5.79. The van der Waals surface area contributed by atoms with Crippen LogP contribution in [0.15, 0.2) is 24.4 Å². The Bertz CT molecular complexity index is 889. The number of primary amides is 1. The van der Waals surface area contributed by atoms with Crippen molar-refractivity contribution >= 4 is 23.7 Å². The predicted octanol–water partition coefficient (Wildman–Crippen LogP) is 2.55. The second-order valence-electron chi connectivity index (χ2n) is 8.22. The molecule has 0 spiro atoms. The highest BCUT2D eigenvalue weighted by Crippen LogP contribution is 2.24. The lowest BCUT2D eigenvalue weighted by Gasteiger charge is -2.42. The molecule has 0 radical (unpaired) electrons. The van der Waals surface area contributed by atoms with E-state index in [2.05, 4.69) is 14.3 Å². The van der Waals surface area contributed by atoms with Crippen molar-refractivity contribution in [3.05, 3.63) is 30.1 Å². The monoisotopic (exact) mass is 403 g/mol. The van der Waals surface area contributed by atoms with E-state index in [1.165, 1.54) is 0 Å². The molecule has 1 saturated heterocycles. The van der Waals surface area contributed by atoms with Crippen molar-refractivity contribution < 1.29 is 19.1 Å². The maximum Gasteiger partial charge on any atom is 0.410 e. The first kappa shape index (κ1) is 20.8. The van der Waals surface area contributed by atoms with Crippen molar-refractivity contribution in [1.82, 2.24) is 14.3 Å². The van der Waals surface area contributed by atoms with Crippen LogP contribution < -0.4 is 10.6 Å². The normalized spacial score (nSPS) is 17.4. The number of ether oxygens (including phenoxy) is 2. The van der Waals surface area contributed by atoms with Gasteiger partial charge in [-0.1, -0.05) is 6.07 Å². The average Bonchev–Trinajstić information content (AvgIpc) is 3.00. The minimum Gasteiger partial charge on any atom is -0.450 e. The van der Waals surface area contributed by atoms with E-state index < -0.39 is 11.7 Å². The molecule has 1 unspecified atom stereocenters. The van der Waals surface area contributed by atoms with E-state index in [1.54, 1.807) is 4.90 Å². The van der Waals surface area contributed by atoms with Crippen molar-refractivity contribution in [2.45, 2.75) is 45.8 Å². The van der Waals surface area contributed by atoms with Gasteiger partial charge in [-0.2, -0.15) is 0 Å². The maximum atomic E-state index is 12.7. The van der Waals surface area contributed by atoms with Gasteiger partial charge in [0.05, 0.1) is 18.3 Å². The second kappa shape index (κ2) is 8.18. The third-order valence-electron chi connectivity index (χ3n) is 4.72. The van der Waals surface area contributed by atoms with Crippen molar-refractivity contribution in [3.8, 4) is 0 Å². The number of carbonyl (C=O) groups is 2. The Kier molecular flexibility index (Phi) is 5.86. The molecule has 0 aromatic carbocycles. The lowest BCUT2D eigenvalue weighted by molar-refractivity contribution is 0.0113. The molecule has 1 fully saturated rings. The molecule has 2 aromatic rings. The number of imidazole rings is 1. The molecular formula is C20H29N5O4. The van der Waals surface area contributed by atoms with Crippen molar-refractivity contribution in [2.75, 3.05) is 31.1 Å².